The summed E-state index contributed by atoms with van der Waals surface area (Å²) in [6.45, 7) is 11.9. The Labute approximate surface area is 115 Å². The first-order valence-electron chi connectivity index (χ1n) is 8.18. The average molecular weight is 254 g/mol. The molecule has 0 bridgehead atoms. The van der Waals surface area contributed by atoms with Crippen LogP contribution in [0.4, 0.5) is 0 Å². The van der Waals surface area contributed by atoms with Crippen LogP contribution in [-0.4, -0.2) is 37.1 Å². The Morgan fingerprint density at radius 2 is 1.83 bits per heavy atom. The quantitative estimate of drug-likeness (QED) is 0.598. The second kappa shape index (κ2) is 9.80. The monoisotopic (exact) mass is 254 g/mol. The Morgan fingerprint density at radius 3 is 2.44 bits per heavy atom. The van der Waals surface area contributed by atoms with Crippen molar-refractivity contribution in [3.05, 3.63) is 0 Å². The average Bonchev–Trinajstić information content (AvgIpc) is 2.86. The largest absolute Gasteiger partial charge is 0.317 e. The molecule has 0 amide bonds. The van der Waals surface area contributed by atoms with Gasteiger partial charge in [-0.1, -0.05) is 33.6 Å². The Morgan fingerprint density at radius 1 is 1.11 bits per heavy atom. The van der Waals surface area contributed by atoms with Gasteiger partial charge in [-0.2, -0.15) is 0 Å². The van der Waals surface area contributed by atoms with Gasteiger partial charge < -0.3 is 10.2 Å². The van der Waals surface area contributed by atoms with E-state index in [1.165, 1.54) is 71.1 Å². The summed E-state index contributed by atoms with van der Waals surface area (Å²) in [5.74, 6) is 0.840. The molecule has 1 N–H and O–H groups in total. The topological polar surface area (TPSA) is 15.3 Å². The fourth-order valence-corrected chi connectivity index (χ4v) is 2.88. The third kappa shape index (κ3) is 6.75. The molecule has 0 atom stereocenters. The molecule has 2 heteroatoms. The third-order valence-electron chi connectivity index (χ3n) is 4.06. The Bertz CT molecular complexity index is 186. The van der Waals surface area contributed by atoms with Gasteiger partial charge in [0, 0.05) is 6.04 Å². The molecule has 18 heavy (non-hydrogen) atoms. The fraction of sp³-hybridized carbons (Fsp3) is 1.00. The maximum Gasteiger partial charge on any atom is 0.00952 e. The van der Waals surface area contributed by atoms with Crippen molar-refractivity contribution in [3.63, 3.8) is 0 Å². The smallest absolute Gasteiger partial charge is 0.00952 e. The highest BCUT2D eigenvalue weighted by Crippen LogP contribution is 2.24. The molecular formula is C16H34N2. The van der Waals surface area contributed by atoms with Crippen molar-refractivity contribution in [1.29, 1.82) is 0 Å². The minimum atomic E-state index is 0.840. The predicted molar refractivity (Wildman–Crippen MR) is 81.1 cm³/mol. The van der Waals surface area contributed by atoms with E-state index < -0.39 is 0 Å². The molecule has 0 aromatic carbocycles. The molecule has 0 unspecified atom stereocenters. The van der Waals surface area contributed by atoms with Crippen LogP contribution in [-0.2, 0) is 0 Å². The van der Waals surface area contributed by atoms with Crippen LogP contribution in [0.15, 0.2) is 0 Å². The lowest BCUT2D eigenvalue weighted by atomic mass is 10.1. The number of hydrogen-bond acceptors (Lipinski definition) is 2. The van der Waals surface area contributed by atoms with Gasteiger partial charge in [-0.15, -0.1) is 0 Å². The van der Waals surface area contributed by atoms with Gasteiger partial charge in [0.2, 0.25) is 0 Å². The Hall–Kier alpha value is -0.0800. The summed E-state index contributed by atoms with van der Waals surface area (Å²) < 4.78 is 0. The van der Waals surface area contributed by atoms with E-state index in [0.717, 1.165) is 12.0 Å². The van der Waals surface area contributed by atoms with Gasteiger partial charge in [0.05, 0.1) is 0 Å². The second-order valence-corrected chi connectivity index (χ2v) is 6.26. The molecule has 0 radical (unpaired) electrons. The molecule has 0 saturated heterocycles. The van der Waals surface area contributed by atoms with Crippen LogP contribution in [0.2, 0.25) is 0 Å². The molecule has 1 saturated carbocycles. The van der Waals surface area contributed by atoms with E-state index in [0.29, 0.717) is 0 Å². The summed E-state index contributed by atoms with van der Waals surface area (Å²) in [7, 11) is 0. The highest BCUT2D eigenvalue weighted by Gasteiger charge is 2.21. The molecule has 108 valence electrons. The van der Waals surface area contributed by atoms with Gasteiger partial charge in [-0.25, -0.2) is 0 Å². The van der Waals surface area contributed by atoms with Gasteiger partial charge in [-0.05, 0) is 64.2 Å². The van der Waals surface area contributed by atoms with Gasteiger partial charge in [0.1, 0.15) is 0 Å². The lowest BCUT2D eigenvalue weighted by molar-refractivity contribution is 0.185. The molecule has 1 rings (SSSR count). The maximum atomic E-state index is 3.52. The number of nitrogens with one attached hydrogen (secondary N) is 1. The van der Waals surface area contributed by atoms with Crippen LogP contribution < -0.4 is 5.32 Å². The molecule has 0 aromatic heterocycles. The van der Waals surface area contributed by atoms with Crippen molar-refractivity contribution >= 4 is 0 Å². The lowest BCUT2D eigenvalue weighted by Gasteiger charge is -2.29. The zero-order valence-electron chi connectivity index (χ0n) is 12.9. The van der Waals surface area contributed by atoms with Crippen molar-refractivity contribution < 1.29 is 0 Å². The van der Waals surface area contributed by atoms with E-state index in [1.54, 1.807) is 0 Å². The molecule has 1 aliphatic carbocycles. The van der Waals surface area contributed by atoms with Crippen molar-refractivity contribution in [3.8, 4) is 0 Å². The van der Waals surface area contributed by atoms with E-state index in [2.05, 4.69) is 31.0 Å². The molecule has 0 aliphatic heterocycles. The van der Waals surface area contributed by atoms with Crippen LogP contribution in [0, 0.1) is 5.92 Å². The third-order valence-corrected chi connectivity index (χ3v) is 4.06. The van der Waals surface area contributed by atoms with Crippen LogP contribution in [0.3, 0.4) is 0 Å². The predicted octanol–water partition coefficient (Wildman–Crippen LogP) is 3.67. The first-order chi connectivity index (χ1) is 8.74. The van der Waals surface area contributed by atoms with E-state index in [-0.39, 0.29) is 0 Å². The fourth-order valence-electron chi connectivity index (χ4n) is 2.88. The summed E-state index contributed by atoms with van der Waals surface area (Å²) in [6, 6.07) is 0.898. The number of nitrogens with zero attached hydrogens (tertiary/aromatic N) is 1. The van der Waals surface area contributed by atoms with Crippen molar-refractivity contribution in [2.45, 2.75) is 71.8 Å². The first-order valence-corrected chi connectivity index (χ1v) is 8.18. The highest BCUT2D eigenvalue weighted by atomic mass is 15.2. The Kier molecular flexibility index (Phi) is 8.70. The zero-order chi connectivity index (χ0) is 13.2. The zero-order valence-corrected chi connectivity index (χ0v) is 12.9. The molecular weight excluding hydrogens is 220 g/mol. The number of hydrogen-bond donors (Lipinski definition) is 1. The molecule has 1 fully saturated rings. The molecule has 2 nitrogen and oxygen atoms in total. The van der Waals surface area contributed by atoms with Crippen LogP contribution in [0.25, 0.3) is 0 Å². The van der Waals surface area contributed by atoms with Crippen molar-refractivity contribution in [2.24, 2.45) is 5.92 Å². The van der Waals surface area contributed by atoms with E-state index in [1.807, 2.05) is 0 Å². The van der Waals surface area contributed by atoms with Crippen LogP contribution >= 0.6 is 0 Å². The minimum Gasteiger partial charge on any atom is -0.317 e. The van der Waals surface area contributed by atoms with Crippen molar-refractivity contribution in [2.75, 3.05) is 26.2 Å². The molecule has 0 heterocycles. The second-order valence-electron chi connectivity index (χ2n) is 6.26. The Balaban J connectivity index is 2.20. The summed E-state index contributed by atoms with van der Waals surface area (Å²) in [4.78, 5) is 2.78. The van der Waals surface area contributed by atoms with Crippen LogP contribution in [0.1, 0.15) is 65.7 Å². The van der Waals surface area contributed by atoms with Gasteiger partial charge in [0.15, 0.2) is 0 Å². The summed E-state index contributed by atoms with van der Waals surface area (Å²) in [6.07, 6.45) is 9.72. The lowest BCUT2D eigenvalue weighted by Crippen LogP contribution is -2.36. The van der Waals surface area contributed by atoms with E-state index in [4.69, 9.17) is 0 Å². The standard InChI is InChI=1S/C16H34N2/c1-4-11-17-12-7-13-18(14-10-15(2)3)16-8-5-6-9-16/h15-17H,4-14H2,1-3H3. The van der Waals surface area contributed by atoms with E-state index in [9.17, 15) is 0 Å². The SMILES string of the molecule is CCCNCCCN(CCC(C)C)C1CCCC1. The summed E-state index contributed by atoms with van der Waals surface area (Å²) in [5.41, 5.74) is 0. The first kappa shape index (κ1) is 16.0. The minimum absolute atomic E-state index is 0.840. The molecule has 0 aromatic rings. The van der Waals surface area contributed by atoms with Gasteiger partial charge >= 0.3 is 0 Å². The maximum absolute atomic E-state index is 3.52. The van der Waals surface area contributed by atoms with Crippen LogP contribution in [0.5, 0.6) is 0 Å². The van der Waals surface area contributed by atoms with Crippen molar-refractivity contribution in [1.82, 2.24) is 10.2 Å². The number of rotatable bonds is 10. The summed E-state index contributed by atoms with van der Waals surface area (Å²) >= 11 is 0. The normalized spacial score (nSPS) is 17.2. The van der Waals surface area contributed by atoms with Gasteiger partial charge in [0.25, 0.3) is 0 Å². The molecule has 0 spiro atoms. The van der Waals surface area contributed by atoms with E-state index >= 15 is 0 Å². The molecule has 1 aliphatic rings. The van der Waals surface area contributed by atoms with Gasteiger partial charge in [-0.3, -0.25) is 0 Å². The summed E-state index contributed by atoms with van der Waals surface area (Å²) in [5, 5.41) is 3.52. The highest BCUT2D eigenvalue weighted by molar-refractivity contribution is 4.77.